The third-order valence-corrected chi connectivity index (χ3v) is 3.28. The van der Waals surface area contributed by atoms with Gasteiger partial charge in [-0.1, -0.05) is 32.4 Å². The number of hydrogen-bond acceptors (Lipinski definition) is 3. The van der Waals surface area contributed by atoms with E-state index in [1.54, 1.807) is 0 Å². The fourth-order valence-corrected chi connectivity index (χ4v) is 2.03. The highest BCUT2D eigenvalue weighted by atomic mass is 35.5. The zero-order chi connectivity index (χ0) is 15.2. The van der Waals surface area contributed by atoms with Crippen molar-refractivity contribution in [2.45, 2.75) is 39.8 Å². The van der Waals surface area contributed by atoms with Crippen LogP contribution in [0.1, 0.15) is 32.0 Å². The topological polar surface area (TPSA) is 34.1 Å². The molecule has 0 saturated heterocycles. The van der Waals surface area contributed by atoms with Crippen LogP contribution in [0.25, 0.3) is 0 Å². The van der Waals surface area contributed by atoms with Gasteiger partial charge in [0.15, 0.2) is 0 Å². The molecule has 0 atom stereocenters. The average molecular weight is 305 g/mol. The van der Waals surface area contributed by atoms with Crippen LogP contribution >= 0.6 is 11.6 Å². The molecule has 2 rings (SSSR count). The quantitative estimate of drug-likeness (QED) is 0.847. The number of benzene rings is 1. The van der Waals surface area contributed by atoms with Gasteiger partial charge in [-0.05, 0) is 42.3 Å². The van der Waals surface area contributed by atoms with E-state index in [2.05, 4.69) is 37.1 Å². The summed E-state index contributed by atoms with van der Waals surface area (Å²) in [5, 5.41) is 4.10. The molecule has 0 radical (unpaired) electrons. The molecule has 0 bridgehead atoms. The first-order chi connectivity index (χ1) is 10.1. The Morgan fingerprint density at radius 1 is 1.19 bits per heavy atom. The van der Waals surface area contributed by atoms with E-state index >= 15 is 0 Å². The zero-order valence-corrected chi connectivity index (χ0v) is 13.4. The van der Waals surface area contributed by atoms with Crippen LogP contribution in [0.2, 0.25) is 5.02 Å². The number of halogens is 1. The van der Waals surface area contributed by atoms with Gasteiger partial charge >= 0.3 is 0 Å². The first-order valence-corrected chi connectivity index (χ1v) is 7.61. The van der Waals surface area contributed by atoms with Gasteiger partial charge in [-0.25, -0.2) is 4.98 Å². The minimum Gasteiger partial charge on any atom is -0.439 e. The van der Waals surface area contributed by atoms with E-state index in [1.807, 2.05) is 30.3 Å². The van der Waals surface area contributed by atoms with Crippen molar-refractivity contribution in [1.82, 2.24) is 10.3 Å². The summed E-state index contributed by atoms with van der Waals surface area (Å²) >= 11 is 5.88. The molecule has 3 nitrogen and oxygen atoms in total. The highest BCUT2D eigenvalue weighted by Crippen LogP contribution is 2.23. The minimum absolute atomic E-state index is 0.448. The summed E-state index contributed by atoms with van der Waals surface area (Å²) in [6, 6.07) is 11.8. The Hall–Kier alpha value is -1.58. The van der Waals surface area contributed by atoms with Crippen LogP contribution in [0.15, 0.2) is 36.4 Å². The van der Waals surface area contributed by atoms with Crippen molar-refractivity contribution in [1.29, 1.82) is 0 Å². The number of aromatic nitrogens is 1. The normalized spacial score (nSPS) is 10.9. The third-order valence-electron chi connectivity index (χ3n) is 3.03. The predicted molar refractivity (Wildman–Crippen MR) is 87.1 cm³/mol. The van der Waals surface area contributed by atoms with Crippen LogP contribution in [0.3, 0.4) is 0 Å². The van der Waals surface area contributed by atoms with Gasteiger partial charge in [0.2, 0.25) is 5.88 Å². The summed E-state index contributed by atoms with van der Waals surface area (Å²) in [7, 11) is 0. The first kappa shape index (κ1) is 15.8. The summed E-state index contributed by atoms with van der Waals surface area (Å²) in [6.45, 7) is 7.16. The summed E-state index contributed by atoms with van der Waals surface area (Å²) in [6.07, 6.45) is 0.881. The van der Waals surface area contributed by atoms with E-state index in [9.17, 15) is 0 Å². The van der Waals surface area contributed by atoms with Gasteiger partial charge < -0.3 is 10.1 Å². The number of rotatable bonds is 6. The van der Waals surface area contributed by atoms with Gasteiger partial charge in [0, 0.05) is 29.4 Å². The fraction of sp³-hybridized carbons (Fsp3) is 0.353. The molecule has 0 aliphatic heterocycles. The largest absolute Gasteiger partial charge is 0.439 e. The van der Waals surface area contributed by atoms with Gasteiger partial charge in [0.25, 0.3) is 0 Å². The fourth-order valence-electron chi connectivity index (χ4n) is 1.90. The molecule has 1 aromatic heterocycles. The van der Waals surface area contributed by atoms with Crippen LogP contribution in [0, 0.1) is 0 Å². The number of pyridine rings is 1. The average Bonchev–Trinajstić information content (AvgIpc) is 2.47. The summed E-state index contributed by atoms with van der Waals surface area (Å²) in [5.41, 5.74) is 2.21. The molecular formula is C17H21ClN2O. The Bertz CT molecular complexity index is 582. The van der Waals surface area contributed by atoms with Crippen LogP contribution < -0.4 is 10.1 Å². The maximum atomic E-state index is 5.88. The second-order valence-corrected chi connectivity index (χ2v) is 5.69. The van der Waals surface area contributed by atoms with Gasteiger partial charge in [0.1, 0.15) is 5.75 Å². The highest BCUT2D eigenvalue weighted by molar-refractivity contribution is 6.30. The smallest absolute Gasteiger partial charge is 0.219 e. The van der Waals surface area contributed by atoms with E-state index in [0.717, 1.165) is 24.4 Å². The van der Waals surface area contributed by atoms with E-state index in [0.29, 0.717) is 16.9 Å². The van der Waals surface area contributed by atoms with Crippen LogP contribution in [0.4, 0.5) is 0 Å². The van der Waals surface area contributed by atoms with Crippen LogP contribution in [-0.2, 0) is 13.0 Å². The monoisotopic (exact) mass is 304 g/mol. The number of aryl methyl sites for hydroxylation is 1. The highest BCUT2D eigenvalue weighted by Gasteiger charge is 2.05. The van der Waals surface area contributed by atoms with Gasteiger partial charge in [0.05, 0.1) is 0 Å². The lowest BCUT2D eigenvalue weighted by Gasteiger charge is -2.12. The van der Waals surface area contributed by atoms with E-state index < -0.39 is 0 Å². The standard InChI is InChI=1S/C17H21ClN2O/c1-4-15-9-13(11-19-12(2)3)10-17(20-15)21-16-7-5-14(18)6-8-16/h5-10,12,19H,4,11H2,1-3H3. The summed E-state index contributed by atoms with van der Waals surface area (Å²) in [5.74, 6) is 1.36. The molecular weight excluding hydrogens is 284 g/mol. The number of ether oxygens (including phenoxy) is 1. The minimum atomic E-state index is 0.448. The Balaban J connectivity index is 2.17. The molecule has 0 fully saturated rings. The lowest BCUT2D eigenvalue weighted by atomic mass is 10.2. The predicted octanol–water partition coefficient (Wildman–Crippen LogP) is 4.59. The van der Waals surface area contributed by atoms with E-state index in [4.69, 9.17) is 16.3 Å². The maximum absolute atomic E-state index is 5.88. The van der Waals surface area contributed by atoms with Gasteiger partial charge in [-0.3, -0.25) is 0 Å². The molecule has 0 unspecified atom stereocenters. The zero-order valence-electron chi connectivity index (χ0n) is 12.7. The summed E-state index contributed by atoms with van der Waals surface area (Å²) < 4.78 is 5.83. The van der Waals surface area contributed by atoms with Crippen LogP contribution in [-0.4, -0.2) is 11.0 Å². The van der Waals surface area contributed by atoms with Crippen molar-refractivity contribution in [3.05, 3.63) is 52.7 Å². The molecule has 0 aliphatic carbocycles. The van der Waals surface area contributed by atoms with Crippen molar-refractivity contribution in [2.75, 3.05) is 0 Å². The van der Waals surface area contributed by atoms with E-state index in [-0.39, 0.29) is 0 Å². The lowest BCUT2D eigenvalue weighted by molar-refractivity contribution is 0.459. The van der Waals surface area contributed by atoms with Crippen LogP contribution in [0.5, 0.6) is 11.6 Å². The van der Waals surface area contributed by atoms with Gasteiger partial charge in [-0.15, -0.1) is 0 Å². The number of nitrogens with one attached hydrogen (secondary N) is 1. The molecule has 0 saturated carbocycles. The molecule has 0 spiro atoms. The molecule has 112 valence electrons. The van der Waals surface area contributed by atoms with Crippen molar-refractivity contribution in [2.24, 2.45) is 0 Å². The lowest BCUT2D eigenvalue weighted by Crippen LogP contribution is -2.22. The molecule has 1 heterocycles. The molecule has 0 amide bonds. The van der Waals surface area contributed by atoms with Crippen molar-refractivity contribution >= 4 is 11.6 Å². The van der Waals surface area contributed by atoms with Gasteiger partial charge in [-0.2, -0.15) is 0 Å². The SMILES string of the molecule is CCc1cc(CNC(C)C)cc(Oc2ccc(Cl)cc2)n1. The molecule has 4 heteroatoms. The van der Waals surface area contributed by atoms with Crippen molar-refractivity contribution in [3.8, 4) is 11.6 Å². The molecule has 21 heavy (non-hydrogen) atoms. The molecule has 1 N–H and O–H groups in total. The Morgan fingerprint density at radius 3 is 2.52 bits per heavy atom. The van der Waals surface area contributed by atoms with E-state index in [1.165, 1.54) is 5.56 Å². The second-order valence-electron chi connectivity index (χ2n) is 5.25. The Morgan fingerprint density at radius 2 is 1.90 bits per heavy atom. The third kappa shape index (κ3) is 5.03. The first-order valence-electron chi connectivity index (χ1n) is 7.23. The molecule has 2 aromatic rings. The Kier molecular flexibility index (Phi) is 5.59. The van der Waals surface area contributed by atoms with Crippen molar-refractivity contribution in [3.63, 3.8) is 0 Å². The molecule has 1 aromatic carbocycles. The molecule has 0 aliphatic rings. The number of hydrogen-bond donors (Lipinski definition) is 1. The maximum Gasteiger partial charge on any atom is 0.219 e. The summed E-state index contributed by atoms with van der Waals surface area (Å²) in [4.78, 5) is 4.51. The van der Waals surface area contributed by atoms with Crippen molar-refractivity contribution < 1.29 is 4.74 Å². The number of nitrogens with zero attached hydrogens (tertiary/aromatic N) is 1. The Labute approximate surface area is 131 Å². The second kappa shape index (κ2) is 7.43.